The van der Waals surface area contributed by atoms with Crippen molar-refractivity contribution in [3.8, 4) is 11.4 Å². The van der Waals surface area contributed by atoms with Crippen molar-refractivity contribution in [2.45, 2.75) is 38.0 Å². The Kier molecular flexibility index (Phi) is 4.65. The third-order valence-corrected chi connectivity index (χ3v) is 5.36. The van der Waals surface area contributed by atoms with Crippen LogP contribution in [0.3, 0.4) is 0 Å². The zero-order chi connectivity index (χ0) is 16.4. The SMILES string of the molecule is O[C@@H]1CCC[C@@H]1[C@H]1COCCN1Cc1cnc(-c2ccccc2)[nH]1. The van der Waals surface area contributed by atoms with Crippen LogP contribution in [-0.2, 0) is 11.3 Å². The maximum atomic E-state index is 10.3. The van der Waals surface area contributed by atoms with Crippen molar-refractivity contribution in [1.29, 1.82) is 0 Å². The highest BCUT2D eigenvalue weighted by molar-refractivity contribution is 5.54. The van der Waals surface area contributed by atoms with Gasteiger partial charge in [-0.05, 0) is 12.8 Å². The van der Waals surface area contributed by atoms with Gasteiger partial charge in [0.1, 0.15) is 5.82 Å². The number of imidazole rings is 1. The van der Waals surface area contributed by atoms with Gasteiger partial charge < -0.3 is 14.8 Å². The number of nitrogens with zero attached hydrogens (tertiary/aromatic N) is 2. The van der Waals surface area contributed by atoms with Crippen LogP contribution in [0.4, 0.5) is 0 Å². The largest absolute Gasteiger partial charge is 0.393 e. The average molecular weight is 327 g/mol. The second kappa shape index (κ2) is 7.05. The van der Waals surface area contributed by atoms with E-state index >= 15 is 0 Å². The number of aromatic amines is 1. The first-order valence-corrected chi connectivity index (χ1v) is 8.90. The summed E-state index contributed by atoms with van der Waals surface area (Å²) >= 11 is 0. The molecule has 5 heteroatoms. The second-order valence-corrected chi connectivity index (χ2v) is 6.90. The van der Waals surface area contributed by atoms with E-state index in [0.29, 0.717) is 12.0 Å². The van der Waals surface area contributed by atoms with Crippen molar-refractivity contribution >= 4 is 0 Å². The number of ether oxygens (including phenoxy) is 1. The van der Waals surface area contributed by atoms with Gasteiger partial charge in [0.05, 0.1) is 19.3 Å². The van der Waals surface area contributed by atoms with Crippen molar-refractivity contribution in [2.24, 2.45) is 5.92 Å². The van der Waals surface area contributed by atoms with Crippen LogP contribution in [0.5, 0.6) is 0 Å². The molecule has 24 heavy (non-hydrogen) atoms. The number of hydrogen-bond acceptors (Lipinski definition) is 4. The Morgan fingerprint density at radius 2 is 2.12 bits per heavy atom. The third-order valence-electron chi connectivity index (χ3n) is 5.36. The zero-order valence-corrected chi connectivity index (χ0v) is 13.9. The topological polar surface area (TPSA) is 61.4 Å². The van der Waals surface area contributed by atoms with Gasteiger partial charge in [-0.15, -0.1) is 0 Å². The molecule has 0 unspecified atom stereocenters. The smallest absolute Gasteiger partial charge is 0.137 e. The highest BCUT2D eigenvalue weighted by Crippen LogP contribution is 2.32. The molecule has 1 aromatic carbocycles. The lowest BCUT2D eigenvalue weighted by atomic mass is 9.94. The number of rotatable bonds is 4. The molecule has 3 atom stereocenters. The average Bonchev–Trinajstić information content (AvgIpc) is 3.25. The zero-order valence-electron chi connectivity index (χ0n) is 13.9. The highest BCUT2D eigenvalue weighted by Gasteiger charge is 2.37. The van der Waals surface area contributed by atoms with E-state index < -0.39 is 0 Å². The van der Waals surface area contributed by atoms with Gasteiger partial charge >= 0.3 is 0 Å². The number of aliphatic hydroxyl groups is 1. The van der Waals surface area contributed by atoms with E-state index in [1.54, 1.807) is 0 Å². The number of aromatic nitrogens is 2. The van der Waals surface area contributed by atoms with Crippen molar-refractivity contribution < 1.29 is 9.84 Å². The fourth-order valence-corrected chi connectivity index (χ4v) is 4.07. The molecular formula is C19H25N3O2. The molecule has 1 aliphatic heterocycles. The minimum absolute atomic E-state index is 0.180. The Hall–Kier alpha value is -1.69. The number of hydrogen-bond donors (Lipinski definition) is 2. The summed E-state index contributed by atoms with van der Waals surface area (Å²) in [5.41, 5.74) is 2.22. The molecule has 2 heterocycles. The molecule has 0 amide bonds. The van der Waals surface area contributed by atoms with Crippen LogP contribution < -0.4 is 0 Å². The van der Waals surface area contributed by atoms with Crippen molar-refractivity contribution in [3.63, 3.8) is 0 Å². The predicted octanol–water partition coefficient (Wildman–Crippen LogP) is 2.44. The van der Waals surface area contributed by atoms with Crippen molar-refractivity contribution in [2.75, 3.05) is 19.8 Å². The summed E-state index contributed by atoms with van der Waals surface area (Å²) in [7, 11) is 0. The fourth-order valence-electron chi connectivity index (χ4n) is 4.07. The summed E-state index contributed by atoms with van der Waals surface area (Å²) in [6.07, 6.45) is 4.90. The monoisotopic (exact) mass is 327 g/mol. The molecule has 1 saturated heterocycles. The Balaban J connectivity index is 1.48. The van der Waals surface area contributed by atoms with Crippen LogP contribution in [0, 0.1) is 5.92 Å². The Labute approximate surface area is 142 Å². The predicted molar refractivity (Wildman–Crippen MR) is 92.4 cm³/mol. The van der Waals surface area contributed by atoms with E-state index in [4.69, 9.17) is 4.74 Å². The Bertz CT molecular complexity index is 658. The maximum absolute atomic E-state index is 10.3. The van der Waals surface area contributed by atoms with E-state index in [1.165, 1.54) is 0 Å². The molecule has 0 bridgehead atoms. The van der Waals surface area contributed by atoms with E-state index in [2.05, 4.69) is 27.0 Å². The summed E-state index contributed by atoms with van der Waals surface area (Å²) in [6, 6.07) is 10.5. The van der Waals surface area contributed by atoms with E-state index in [0.717, 1.165) is 62.6 Å². The molecule has 0 spiro atoms. The first kappa shape index (κ1) is 15.8. The molecule has 2 aromatic rings. The summed E-state index contributed by atoms with van der Waals surface area (Å²) in [5.74, 6) is 1.25. The lowest BCUT2D eigenvalue weighted by molar-refractivity contribution is -0.0540. The third kappa shape index (κ3) is 3.24. The molecular weight excluding hydrogens is 302 g/mol. The molecule has 2 N–H and O–H groups in total. The lowest BCUT2D eigenvalue weighted by Gasteiger charge is -2.39. The van der Waals surface area contributed by atoms with Crippen LogP contribution >= 0.6 is 0 Å². The van der Waals surface area contributed by atoms with Crippen LogP contribution in [0.25, 0.3) is 11.4 Å². The van der Waals surface area contributed by atoms with Gasteiger partial charge in [-0.1, -0.05) is 36.8 Å². The van der Waals surface area contributed by atoms with Gasteiger partial charge in [0.15, 0.2) is 0 Å². The second-order valence-electron chi connectivity index (χ2n) is 6.90. The van der Waals surface area contributed by atoms with Gasteiger partial charge in [-0.2, -0.15) is 0 Å². The molecule has 128 valence electrons. The maximum Gasteiger partial charge on any atom is 0.137 e. The molecule has 1 aromatic heterocycles. The molecule has 4 rings (SSSR count). The number of H-pyrrole nitrogens is 1. The summed E-state index contributed by atoms with van der Waals surface area (Å²) in [5, 5.41) is 10.3. The van der Waals surface area contributed by atoms with E-state index in [1.807, 2.05) is 24.4 Å². The van der Waals surface area contributed by atoms with Crippen molar-refractivity contribution in [1.82, 2.24) is 14.9 Å². The molecule has 1 saturated carbocycles. The number of nitrogens with one attached hydrogen (secondary N) is 1. The van der Waals surface area contributed by atoms with Gasteiger partial charge in [0, 0.05) is 42.5 Å². The first-order chi connectivity index (χ1) is 11.8. The summed E-state index contributed by atoms with van der Waals surface area (Å²) < 4.78 is 5.71. The van der Waals surface area contributed by atoms with Gasteiger partial charge in [0.25, 0.3) is 0 Å². The fraction of sp³-hybridized carbons (Fsp3) is 0.526. The van der Waals surface area contributed by atoms with Crippen LogP contribution in [0.15, 0.2) is 36.5 Å². The molecule has 2 aliphatic rings. The quantitative estimate of drug-likeness (QED) is 0.905. The molecule has 5 nitrogen and oxygen atoms in total. The standard InChI is InChI=1S/C19H25N3O2/c23-18-8-4-7-16(18)17-13-24-10-9-22(17)12-15-11-20-19(21-15)14-5-2-1-3-6-14/h1-3,5-6,11,16-18,23H,4,7-10,12-13H2,(H,20,21)/t16-,17-,18-/m1/s1. The van der Waals surface area contributed by atoms with Gasteiger partial charge in [-0.3, -0.25) is 4.90 Å². The molecule has 2 fully saturated rings. The number of morpholine rings is 1. The minimum atomic E-state index is -0.180. The van der Waals surface area contributed by atoms with Crippen LogP contribution in [0.2, 0.25) is 0 Å². The summed E-state index contributed by atoms with van der Waals surface area (Å²) in [6.45, 7) is 3.23. The summed E-state index contributed by atoms with van der Waals surface area (Å²) in [4.78, 5) is 10.4. The minimum Gasteiger partial charge on any atom is -0.393 e. The van der Waals surface area contributed by atoms with E-state index in [-0.39, 0.29) is 6.10 Å². The normalized spacial score (nSPS) is 28.3. The van der Waals surface area contributed by atoms with E-state index in [9.17, 15) is 5.11 Å². The highest BCUT2D eigenvalue weighted by atomic mass is 16.5. The van der Waals surface area contributed by atoms with Crippen molar-refractivity contribution in [3.05, 3.63) is 42.2 Å². The molecule has 0 radical (unpaired) electrons. The Morgan fingerprint density at radius 1 is 1.25 bits per heavy atom. The lowest BCUT2D eigenvalue weighted by Crippen LogP contribution is -2.50. The molecule has 1 aliphatic carbocycles. The number of benzene rings is 1. The van der Waals surface area contributed by atoms with Gasteiger partial charge in [-0.25, -0.2) is 4.98 Å². The Morgan fingerprint density at radius 3 is 2.92 bits per heavy atom. The van der Waals surface area contributed by atoms with Gasteiger partial charge in [0.2, 0.25) is 0 Å². The van der Waals surface area contributed by atoms with Crippen LogP contribution in [-0.4, -0.2) is 51.9 Å². The van der Waals surface area contributed by atoms with Crippen LogP contribution in [0.1, 0.15) is 25.0 Å². The number of aliphatic hydroxyl groups excluding tert-OH is 1. The first-order valence-electron chi connectivity index (χ1n) is 8.90.